The van der Waals surface area contributed by atoms with Gasteiger partial charge in [0.05, 0.1) is 25.4 Å². The Morgan fingerprint density at radius 3 is 1.22 bits per heavy atom. The highest BCUT2D eigenvalue weighted by Gasteiger charge is 2.20. The van der Waals surface area contributed by atoms with E-state index in [0.29, 0.717) is 25.9 Å². The predicted octanol–water partition coefficient (Wildman–Crippen LogP) is 15.3. The molecule has 0 aliphatic rings. The van der Waals surface area contributed by atoms with Crippen LogP contribution in [0.2, 0.25) is 0 Å². The van der Waals surface area contributed by atoms with Crippen LogP contribution >= 0.6 is 0 Å². The Bertz CT molecular complexity index is 863. The third-order valence-corrected chi connectivity index (χ3v) is 12.1. The van der Waals surface area contributed by atoms with Gasteiger partial charge < -0.3 is 20.3 Å². The minimum Gasteiger partial charge on any atom is -0.466 e. The first-order valence-corrected chi connectivity index (χ1v) is 25.9. The average Bonchev–Trinajstić information content (AvgIpc) is 3.22. The fourth-order valence-electron chi connectivity index (χ4n) is 8.05. The maximum atomic E-state index is 12.4. The quantitative estimate of drug-likeness (QED) is 0.0323. The molecule has 0 fully saturated rings. The molecule has 0 aromatic rings. The van der Waals surface area contributed by atoms with E-state index in [9.17, 15) is 19.8 Å². The number of carbonyl (C=O) groups excluding carboxylic acids is 2. The summed E-state index contributed by atoms with van der Waals surface area (Å²) < 4.78 is 5.44. The lowest BCUT2D eigenvalue weighted by molar-refractivity contribution is -0.143. The van der Waals surface area contributed by atoms with E-state index in [-0.39, 0.29) is 18.5 Å². The van der Waals surface area contributed by atoms with Crippen LogP contribution in [0.25, 0.3) is 0 Å². The van der Waals surface area contributed by atoms with Gasteiger partial charge in [0.2, 0.25) is 5.91 Å². The summed E-state index contributed by atoms with van der Waals surface area (Å²) >= 11 is 0. The normalized spacial score (nSPS) is 12.7. The van der Waals surface area contributed by atoms with E-state index >= 15 is 0 Å². The van der Waals surface area contributed by atoms with Gasteiger partial charge in [-0.05, 0) is 51.4 Å². The molecule has 6 heteroatoms. The highest BCUT2D eigenvalue weighted by Crippen LogP contribution is 2.17. The smallest absolute Gasteiger partial charge is 0.305 e. The molecular weight excluding hydrogens is 719 g/mol. The van der Waals surface area contributed by atoms with Gasteiger partial charge >= 0.3 is 5.97 Å². The summed E-state index contributed by atoms with van der Waals surface area (Å²) in [6.45, 7) is 4.89. The molecule has 0 aromatic carbocycles. The molecule has 0 aromatic heterocycles. The maximum Gasteiger partial charge on any atom is 0.305 e. The number of esters is 1. The molecule has 0 aliphatic heterocycles. The molecule has 3 N–H and O–H groups in total. The zero-order valence-corrected chi connectivity index (χ0v) is 39.0. The topological polar surface area (TPSA) is 95.9 Å². The van der Waals surface area contributed by atoms with Crippen LogP contribution in [0.4, 0.5) is 0 Å². The van der Waals surface area contributed by atoms with Gasteiger partial charge in [0.25, 0.3) is 0 Å². The second kappa shape index (κ2) is 48.3. The van der Waals surface area contributed by atoms with Crippen molar-refractivity contribution in [1.29, 1.82) is 0 Å². The summed E-state index contributed by atoms with van der Waals surface area (Å²) in [5.74, 6) is -0.0908. The Kier molecular flexibility index (Phi) is 47.1. The Hall–Kier alpha value is -1.40. The standard InChI is InChI=1S/C52H101NO5/c1-3-5-7-9-11-13-15-17-19-20-21-24-28-32-36-40-44-50(55)49(48-54)53-51(56)45-41-37-33-29-25-23-27-31-35-39-43-47-58-52(57)46-42-38-34-30-26-22-18-16-14-12-10-8-6-4-2/h27,31,49-50,54-55H,3-26,28-30,32-48H2,1-2H3,(H,53,56)/b31-27-. The van der Waals surface area contributed by atoms with E-state index in [0.717, 1.165) is 77.0 Å². The lowest BCUT2D eigenvalue weighted by Crippen LogP contribution is -2.45. The largest absolute Gasteiger partial charge is 0.466 e. The first kappa shape index (κ1) is 56.6. The molecule has 0 rings (SSSR count). The van der Waals surface area contributed by atoms with Crippen molar-refractivity contribution >= 4 is 11.9 Å². The fraction of sp³-hybridized carbons (Fsp3) is 0.923. The summed E-state index contributed by atoms with van der Waals surface area (Å²) in [6.07, 6.45) is 54.7. The summed E-state index contributed by atoms with van der Waals surface area (Å²) in [5, 5.41) is 23.2. The second-order valence-electron chi connectivity index (χ2n) is 17.9. The average molecular weight is 820 g/mol. The Balaban J connectivity index is 3.51. The van der Waals surface area contributed by atoms with Gasteiger partial charge in [-0.1, -0.05) is 231 Å². The SMILES string of the molecule is CCCCCCCCCCCCCCCCCCC(O)C(CO)NC(=O)CCCCCCC/C=C\CCCCOC(=O)CCCCCCCCCCCCCCCC. The molecule has 6 nitrogen and oxygen atoms in total. The molecule has 0 spiro atoms. The van der Waals surface area contributed by atoms with Crippen LogP contribution in [0, 0.1) is 0 Å². The van der Waals surface area contributed by atoms with Gasteiger partial charge in [0.1, 0.15) is 0 Å². The van der Waals surface area contributed by atoms with E-state index in [1.165, 1.54) is 173 Å². The number of allylic oxidation sites excluding steroid dienone is 2. The minimum atomic E-state index is -0.681. The van der Waals surface area contributed by atoms with E-state index in [1.54, 1.807) is 0 Å². The van der Waals surface area contributed by atoms with Crippen LogP contribution in [0.3, 0.4) is 0 Å². The van der Waals surface area contributed by atoms with Crippen molar-refractivity contribution in [2.45, 2.75) is 296 Å². The van der Waals surface area contributed by atoms with Crippen LogP contribution < -0.4 is 5.32 Å². The third-order valence-electron chi connectivity index (χ3n) is 12.1. The number of carbonyl (C=O) groups is 2. The number of aliphatic hydroxyl groups is 2. The van der Waals surface area contributed by atoms with Crippen LogP contribution in [0.1, 0.15) is 284 Å². The summed E-state index contributed by atoms with van der Waals surface area (Å²) in [6, 6.07) is -0.561. The molecule has 1 amide bonds. The van der Waals surface area contributed by atoms with Gasteiger partial charge in [-0.2, -0.15) is 0 Å². The highest BCUT2D eigenvalue weighted by atomic mass is 16.5. The van der Waals surface area contributed by atoms with Crippen molar-refractivity contribution in [2.75, 3.05) is 13.2 Å². The Labute approximate surface area is 361 Å². The summed E-state index contributed by atoms with van der Waals surface area (Å²) in [7, 11) is 0. The molecule has 0 heterocycles. The van der Waals surface area contributed by atoms with Crippen molar-refractivity contribution in [2.24, 2.45) is 0 Å². The van der Waals surface area contributed by atoms with Gasteiger partial charge in [0, 0.05) is 12.8 Å². The highest BCUT2D eigenvalue weighted by molar-refractivity contribution is 5.76. The Morgan fingerprint density at radius 2 is 0.810 bits per heavy atom. The van der Waals surface area contributed by atoms with Crippen LogP contribution in [0.5, 0.6) is 0 Å². The van der Waals surface area contributed by atoms with E-state index in [1.807, 2.05) is 0 Å². The summed E-state index contributed by atoms with van der Waals surface area (Å²) in [5.41, 5.74) is 0. The molecule has 0 saturated heterocycles. The molecular formula is C52H101NO5. The zero-order chi connectivity index (χ0) is 42.3. The number of unbranched alkanes of at least 4 members (excludes halogenated alkanes) is 35. The first-order valence-electron chi connectivity index (χ1n) is 25.9. The van der Waals surface area contributed by atoms with E-state index in [4.69, 9.17) is 4.74 Å². The van der Waals surface area contributed by atoms with Crippen molar-refractivity contribution in [3.8, 4) is 0 Å². The van der Waals surface area contributed by atoms with Crippen molar-refractivity contribution in [3.05, 3.63) is 12.2 Å². The number of hydrogen-bond donors (Lipinski definition) is 3. The zero-order valence-electron chi connectivity index (χ0n) is 39.0. The predicted molar refractivity (Wildman–Crippen MR) is 250 cm³/mol. The number of hydrogen-bond acceptors (Lipinski definition) is 5. The Morgan fingerprint density at radius 1 is 0.466 bits per heavy atom. The van der Waals surface area contributed by atoms with Crippen LogP contribution in [-0.2, 0) is 14.3 Å². The summed E-state index contributed by atoms with van der Waals surface area (Å²) in [4.78, 5) is 24.5. The number of rotatable bonds is 48. The molecule has 58 heavy (non-hydrogen) atoms. The molecule has 2 atom stereocenters. The fourth-order valence-corrected chi connectivity index (χ4v) is 8.05. The van der Waals surface area contributed by atoms with E-state index in [2.05, 4.69) is 31.3 Å². The molecule has 0 aliphatic carbocycles. The lowest BCUT2D eigenvalue weighted by atomic mass is 10.0. The van der Waals surface area contributed by atoms with Gasteiger partial charge in [0.15, 0.2) is 0 Å². The van der Waals surface area contributed by atoms with Crippen molar-refractivity contribution < 1.29 is 24.5 Å². The number of aliphatic hydroxyl groups excluding tert-OH is 2. The van der Waals surface area contributed by atoms with E-state index < -0.39 is 12.1 Å². The number of ether oxygens (including phenoxy) is 1. The molecule has 0 saturated carbocycles. The minimum absolute atomic E-state index is 0.0286. The van der Waals surface area contributed by atoms with Crippen molar-refractivity contribution in [1.82, 2.24) is 5.32 Å². The molecule has 2 unspecified atom stereocenters. The second-order valence-corrected chi connectivity index (χ2v) is 17.9. The van der Waals surface area contributed by atoms with Crippen LogP contribution in [-0.4, -0.2) is 47.4 Å². The van der Waals surface area contributed by atoms with Crippen molar-refractivity contribution in [3.63, 3.8) is 0 Å². The van der Waals surface area contributed by atoms with Gasteiger partial charge in [-0.3, -0.25) is 9.59 Å². The molecule has 0 radical (unpaired) electrons. The molecule has 0 bridgehead atoms. The first-order chi connectivity index (χ1) is 28.5. The lowest BCUT2D eigenvalue weighted by Gasteiger charge is -2.22. The van der Waals surface area contributed by atoms with Crippen LogP contribution in [0.15, 0.2) is 12.2 Å². The number of nitrogens with one attached hydrogen (secondary N) is 1. The van der Waals surface area contributed by atoms with Gasteiger partial charge in [-0.15, -0.1) is 0 Å². The van der Waals surface area contributed by atoms with Gasteiger partial charge in [-0.25, -0.2) is 0 Å². The monoisotopic (exact) mass is 820 g/mol. The number of amides is 1. The molecule has 344 valence electrons. The third kappa shape index (κ3) is 44.2. The maximum absolute atomic E-state index is 12.4.